The average Bonchev–Trinajstić information content (AvgIpc) is 3.11. The Morgan fingerprint density at radius 3 is 1.57 bits per heavy atom. The van der Waals surface area contributed by atoms with Gasteiger partial charge in [-0.3, -0.25) is 13.8 Å². The van der Waals surface area contributed by atoms with Gasteiger partial charge in [0.25, 0.3) is 0 Å². The number of rotatable bonds is 39. The predicted octanol–water partition coefficient (Wildman–Crippen LogP) is 12.7. The number of ether oxygens (including phenoxy) is 2. The minimum Gasteiger partial charge on any atom is -0.498 e. The summed E-state index contributed by atoms with van der Waals surface area (Å²) in [5.41, 5.74) is 0. The fourth-order valence-electron chi connectivity index (χ4n) is 5.59. The highest BCUT2D eigenvalue weighted by Crippen LogP contribution is 2.43. The second kappa shape index (κ2) is 37.2. The Morgan fingerprint density at radius 2 is 1.06 bits per heavy atom. The van der Waals surface area contributed by atoms with E-state index in [1.54, 1.807) is 6.26 Å². The molecular weight excluding hydrogens is 685 g/mol. The molecule has 0 aliphatic carbocycles. The molecule has 53 heavy (non-hydrogen) atoms. The van der Waals surface area contributed by atoms with E-state index in [1.165, 1.54) is 116 Å². The number of phosphoric acid groups is 1. The fourth-order valence-corrected chi connectivity index (χ4v) is 6.33. The number of carbonyl (C=O) groups excluding carboxylic acids is 1. The van der Waals surface area contributed by atoms with Crippen LogP contribution in [0.25, 0.3) is 0 Å². The molecule has 0 aliphatic heterocycles. The number of hydrogen-bond donors (Lipinski definition) is 1. The van der Waals surface area contributed by atoms with Crippen molar-refractivity contribution in [1.82, 2.24) is 0 Å². The van der Waals surface area contributed by atoms with Crippen LogP contribution in [-0.2, 0) is 27.9 Å². The molecule has 0 saturated heterocycles. The highest BCUT2D eigenvalue weighted by Gasteiger charge is 2.26. The maximum absolute atomic E-state index is 12.6. The zero-order valence-corrected chi connectivity index (χ0v) is 35.9. The van der Waals surface area contributed by atoms with Crippen molar-refractivity contribution in [3.8, 4) is 0 Å². The largest absolute Gasteiger partial charge is 0.498 e. The van der Waals surface area contributed by atoms with Gasteiger partial charge in [-0.2, -0.15) is 0 Å². The van der Waals surface area contributed by atoms with Gasteiger partial charge in [-0.1, -0.05) is 153 Å². The lowest BCUT2D eigenvalue weighted by Crippen LogP contribution is -2.37. The third kappa shape index (κ3) is 41.3. The molecule has 0 radical (unpaired) electrons. The molecule has 0 aromatic carbocycles. The zero-order valence-electron chi connectivity index (χ0n) is 35.0. The van der Waals surface area contributed by atoms with Crippen molar-refractivity contribution < 1.29 is 37.3 Å². The number of carbonyl (C=O) groups is 1. The maximum atomic E-state index is 12.6. The molecule has 0 amide bonds. The van der Waals surface area contributed by atoms with Crippen molar-refractivity contribution in [3.63, 3.8) is 0 Å². The maximum Gasteiger partial charge on any atom is 0.472 e. The second-order valence-electron chi connectivity index (χ2n) is 15.4. The highest BCUT2D eigenvalue weighted by atomic mass is 31.2. The molecule has 0 rings (SSSR count). The molecule has 0 aliphatic rings. The topological polar surface area (TPSA) is 91.3 Å². The first-order valence-electron chi connectivity index (χ1n) is 21.4. The van der Waals surface area contributed by atoms with Crippen molar-refractivity contribution in [3.05, 3.63) is 48.8 Å². The predicted molar refractivity (Wildman–Crippen MR) is 224 cm³/mol. The van der Waals surface area contributed by atoms with E-state index in [0.29, 0.717) is 17.4 Å². The molecule has 1 unspecified atom stereocenters. The molecule has 0 heterocycles. The minimum atomic E-state index is -4.30. The number of allylic oxidation sites excluding steroid dienone is 7. The molecule has 8 nitrogen and oxygen atoms in total. The molecule has 310 valence electrons. The molecule has 0 saturated carbocycles. The van der Waals surface area contributed by atoms with Crippen LogP contribution in [0.3, 0.4) is 0 Å². The van der Waals surface area contributed by atoms with Gasteiger partial charge in [0.1, 0.15) is 19.8 Å². The number of phosphoric ester groups is 1. The molecule has 0 fully saturated rings. The van der Waals surface area contributed by atoms with Crippen LogP contribution in [-0.4, -0.2) is 69.0 Å². The lowest BCUT2D eigenvalue weighted by atomic mass is 10.0. The minimum absolute atomic E-state index is 0.0278. The van der Waals surface area contributed by atoms with E-state index >= 15 is 0 Å². The number of unbranched alkanes of at least 4 members (excludes halogenated alkanes) is 19. The number of nitrogens with zero attached hydrogens (tertiary/aromatic N) is 1. The van der Waals surface area contributed by atoms with Gasteiger partial charge in [-0.15, -0.1) is 0 Å². The summed E-state index contributed by atoms with van der Waals surface area (Å²) in [5, 5.41) is 0. The molecule has 1 N–H and O–H groups in total. The lowest BCUT2D eigenvalue weighted by molar-refractivity contribution is -0.870. The van der Waals surface area contributed by atoms with Gasteiger partial charge in [0.05, 0.1) is 34.0 Å². The molecular formula is C44H83NO7P+. The van der Waals surface area contributed by atoms with Crippen LogP contribution >= 0.6 is 7.82 Å². The fraction of sp³-hybridized carbons (Fsp3) is 0.795. The summed E-state index contributed by atoms with van der Waals surface area (Å²) in [7, 11) is 1.60. The summed E-state index contributed by atoms with van der Waals surface area (Å²) in [6.07, 6.45) is 45.3. The molecule has 0 aromatic rings. The lowest BCUT2D eigenvalue weighted by Gasteiger charge is -2.24. The molecule has 9 heteroatoms. The van der Waals surface area contributed by atoms with Crippen LogP contribution in [0.2, 0.25) is 0 Å². The summed E-state index contributed by atoms with van der Waals surface area (Å²) in [6.45, 7) is 4.86. The molecule has 2 atom stereocenters. The van der Waals surface area contributed by atoms with Crippen molar-refractivity contribution in [2.75, 3.05) is 47.5 Å². The van der Waals surface area contributed by atoms with E-state index < -0.39 is 13.9 Å². The van der Waals surface area contributed by atoms with Crippen LogP contribution in [0.5, 0.6) is 0 Å². The monoisotopic (exact) mass is 769 g/mol. The van der Waals surface area contributed by atoms with Gasteiger partial charge >= 0.3 is 13.8 Å². The SMILES string of the molecule is CCCCCCCC/C=C\C/C=C\C/C=C\CCCC(=O)O[C@H](CO/C=C\CCCCCCCCCCCCCC)COP(=O)(O)OCC[N+](C)(C)C. The summed E-state index contributed by atoms with van der Waals surface area (Å²) in [5.74, 6) is -0.387. The van der Waals surface area contributed by atoms with Crippen LogP contribution in [0, 0.1) is 0 Å². The van der Waals surface area contributed by atoms with Gasteiger partial charge in [-0.25, -0.2) is 4.57 Å². The normalized spacial score (nSPS) is 14.2. The standard InChI is InChI=1S/C44H82NO7P/c1-6-8-10-12-14-16-18-20-22-23-24-25-27-29-31-33-35-37-44(46)52-43(42-51-53(47,48)50-40-38-45(3,4)5)41-49-39-36-34-32-30-28-26-21-19-17-15-13-11-9-7-2/h20,22,24-25,29,31,36,39,43H,6-19,21,23,26-28,30,32-35,37-38,40-42H2,1-5H3/p+1/b22-20-,25-24-,31-29-,39-36-/t43-/m1/s1. The quantitative estimate of drug-likeness (QED) is 0.0166. The molecule has 0 spiro atoms. The van der Waals surface area contributed by atoms with Crippen LogP contribution in [0.15, 0.2) is 48.8 Å². The van der Waals surface area contributed by atoms with Crippen LogP contribution in [0.1, 0.15) is 174 Å². The van der Waals surface area contributed by atoms with E-state index in [2.05, 4.69) is 50.3 Å². The molecule has 0 aromatic heterocycles. The van der Waals surface area contributed by atoms with Crippen molar-refractivity contribution in [2.45, 2.75) is 180 Å². The Kier molecular flexibility index (Phi) is 36.0. The van der Waals surface area contributed by atoms with E-state index in [1.807, 2.05) is 27.2 Å². The third-order valence-electron chi connectivity index (χ3n) is 8.96. The summed E-state index contributed by atoms with van der Waals surface area (Å²) in [4.78, 5) is 22.8. The Hall–Kier alpha value is -1.70. The zero-order chi connectivity index (χ0) is 39.1. The first kappa shape index (κ1) is 51.3. The van der Waals surface area contributed by atoms with E-state index in [9.17, 15) is 14.3 Å². The Labute approximate surface area is 327 Å². The summed E-state index contributed by atoms with van der Waals surface area (Å²) < 4.78 is 34.6. The van der Waals surface area contributed by atoms with E-state index in [4.69, 9.17) is 18.5 Å². The van der Waals surface area contributed by atoms with E-state index in [-0.39, 0.29) is 32.2 Å². The number of hydrogen-bond acceptors (Lipinski definition) is 6. The van der Waals surface area contributed by atoms with Gasteiger partial charge < -0.3 is 18.9 Å². The third-order valence-corrected chi connectivity index (χ3v) is 9.94. The van der Waals surface area contributed by atoms with Gasteiger partial charge in [-0.05, 0) is 57.4 Å². The summed E-state index contributed by atoms with van der Waals surface area (Å²) in [6, 6.07) is 0. The van der Waals surface area contributed by atoms with Crippen LogP contribution in [0.4, 0.5) is 0 Å². The smallest absolute Gasteiger partial charge is 0.472 e. The Bertz CT molecular complexity index is 989. The number of esters is 1. The number of quaternary nitrogens is 1. The van der Waals surface area contributed by atoms with Crippen molar-refractivity contribution in [2.24, 2.45) is 0 Å². The van der Waals surface area contributed by atoms with Crippen LogP contribution < -0.4 is 0 Å². The van der Waals surface area contributed by atoms with Gasteiger partial charge in [0.2, 0.25) is 0 Å². The van der Waals surface area contributed by atoms with Gasteiger partial charge in [0.15, 0.2) is 6.10 Å². The highest BCUT2D eigenvalue weighted by molar-refractivity contribution is 7.47. The van der Waals surface area contributed by atoms with Crippen molar-refractivity contribution >= 4 is 13.8 Å². The van der Waals surface area contributed by atoms with Crippen molar-refractivity contribution in [1.29, 1.82) is 0 Å². The number of likely N-dealkylation sites (N-methyl/N-ethyl adjacent to an activating group) is 1. The average molecular weight is 769 g/mol. The first-order chi connectivity index (χ1) is 25.6. The Balaban J connectivity index is 4.40. The van der Waals surface area contributed by atoms with Gasteiger partial charge in [0, 0.05) is 6.42 Å². The van der Waals surface area contributed by atoms with E-state index in [0.717, 1.165) is 32.1 Å². The molecule has 0 bridgehead atoms. The second-order valence-corrected chi connectivity index (χ2v) is 16.9. The first-order valence-corrected chi connectivity index (χ1v) is 22.9. The summed E-state index contributed by atoms with van der Waals surface area (Å²) >= 11 is 0. The Morgan fingerprint density at radius 1 is 0.604 bits per heavy atom.